The fraction of sp³-hybridized carbons (Fsp3) is 0.111. The molecule has 68 valence electrons. The smallest absolute Gasteiger partial charge is 0.204 e. The van der Waals surface area contributed by atoms with Crippen LogP contribution in [0.3, 0.4) is 0 Å². The molecule has 0 atom stereocenters. The number of nitrogens with zero attached hydrogens (tertiary/aromatic N) is 1. The molecule has 4 nitrogen and oxygen atoms in total. The van der Waals surface area contributed by atoms with E-state index in [1.165, 1.54) is 0 Å². The average Bonchev–Trinajstić information content (AvgIpc) is 2.45. The Morgan fingerprint density at radius 3 is 2.92 bits per heavy atom. The summed E-state index contributed by atoms with van der Waals surface area (Å²) in [5.74, 6) is 0.933. The number of nitrogens with two attached hydrogens (primary N) is 1. The largest absolute Gasteiger partial charge is 0.460 e. The molecule has 0 bridgehead atoms. The molecule has 0 aliphatic carbocycles. The van der Waals surface area contributed by atoms with Crippen molar-refractivity contribution in [1.29, 1.82) is 0 Å². The molecule has 0 aromatic carbocycles. The Hall–Kier alpha value is -1.84. The summed E-state index contributed by atoms with van der Waals surface area (Å²) in [6.07, 6.45) is 3.74. The van der Waals surface area contributed by atoms with Crippen molar-refractivity contribution in [2.45, 2.75) is 6.92 Å². The normalized spacial score (nSPS) is 9.00. The number of furan rings is 1. The number of aryl methyl sites for hydroxylation is 1. The van der Waals surface area contributed by atoms with Crippen molar-refractivity contribution in [2.24, 2.45) is 5.73 Å². The lowest BCUT2D eigenvalue weighted by atomic mass is 10.3. The maximum absolute atomic E-state index is 8.58. The number of hydrogen-bond acceptors (Lipinski definition) is 3. The van der Waals surface area contributed by atoms with Crippen LogP contribution in [0.2, 0.25) is 0 Å². The summed E-state index contributed by atoms with van der Waals surface area (Å²) in [4.78, 5) is 12.5. The third-order valence-electron chi connectivity index (χ3n) is 1.45. The van der Waals surface area contributed by atoms with Crippen LogP contribution in [0.25, 0.3) is 11.0 Å². The fourth-order valence-electron chi connectivity index (χ4n) is 1.02. The van der Waals surface area contributed by atoms with Crippen molar-refractivity contribution < 1.29 is 9.21 Å². The zero-order chi connectivity index (χ0) is 9.68. The molecule has 2 aromatic heterocycles. The fourth-order valence-corrected chi connectivity index (χ4v) is 1.02. The number of pyridine rings is 1. The van der Waals surface area contributed by atoms with E-state index < -0.39 is 0 Å². The van der Waals surface area contributed by atoms with Crippen LogP contribution in [0.5, 0.6) is 0 Å². The number of carbonyl (C=O) groups is 1. The molecule has 13 heavy (non-hydrogen) atoms. The second-order valence-corrected chi connectivity index (χ2v) is 2.41. The van der Waals surface area contributed by atoms with Crippen molar-refractivity contribution >= 4 is 17.4 Å². The predicted octanol–water partition coefficient (Wildman–Crippen LogP) is 1.24. The van der Waals surface area contributed by atoms with Gasteiger partial charge in [-0.15, -0.1) is 0 Å². The summed E-state index contributed by atoms with van der Waals surface area (Å²) in [6, 6.07) is 3.93. The first kappa shape index (κ1) is 9.25. The molecule has 2 rings (SSSR count). The summed E-state index contributed by atoms with van der Waals surface area (Å²) in [7, 11) is 0. The molecule has 2 aromatic rings. The van der Waals surface area contributed by atoms with Gasteiger partial charge in [-0.05, 0) is 19.1 Å². The Labute approximate surface area is 75.4 Å². The van der Waals surface area contributed by atoms with E-state index >= 15 is 0 Å². The number of rotatable bonds is 0. The Kier molecular flexibility index (Phi) is 3.03. The number of carbonyl (C=O) groups excluding carboxylic acids is 1. The van der Waals surface area contributed by atoms with Crippen molar-refractivity contribution in [3.63, 3.8) is 0 Å². The first-order valence-electron chi connectivity index (χ1n) is 3.73. The molecule has 0 aliphatic heterocycles. The van der Waals surface area contributed by atoms with Crippen LogP contribution in [0, 0.1) is 6.92 Å². The van der Waals surface area contributed by atoms with Crippen LogP contribution < -0.4 is 5.73 Å². The third kappa shape index (κ3) is 2.30. The van der Waals surface area contributed by atoms with E-state index in [0.29, 0.717) is 0 Å². The first-order valence-corrected chi connectivity index (χ1v) is 3.73. The van der Waals surface area contributed by atoms with Gasteiger partial charge in [-0.2, -0.15) is 0 Å². The van der Waals surface area contributed by atoms with Gasteiger partial charge in [0.05, 0.1) is 6.20 Å². The van der Waals surface area contributed by atoms with E-state index in [9.17, 15) is 0 Å². The zero-order valence-corrected chi connectivity index (χ0v) is 7.23. The number of amides is 1. The van der Waals surface area contributed by atoms with Crippen LogP contribution in [0.4, 0.5) is 0 Å². The molecule has 0 radical (unpaired) electrons. The van der Waals surface area contributed by atoms with Gasteiger partial charge in [-0.1, -0.05) is 0 Å². The molecule has 2 heterocycles. The van der Waals surface area contributed by atoms with Crippen LogP contribution in [0.15, 0.2) is 28.9 Å². The highest BCUT2D eigenvalue weighted by Crippen LogP contribution is 2.15. The minimum absolute atomic E-state index is 0.250. The van der Waals surface area contributed by atoms with Crippen LogP contribution in [0.1, 0.15) is 5.76 Å². The molecular formula is C9H10N2O2. The lowest BCUT2D eigenvalue weighted by Crippen LogP contribution is -1.82. The maximum atomic E-state index is 8.58. The number of fused-ring (bicyclic) bond motifs is 1. The molecule has 0 saturated carbocycles. The summed E-state index contributed by atoms with van der Waals surface area (Å²) in [5.41, 5.74) is 5.03. The molecule has 4 heteroatoms. The van der Waals surface area contributed by atoms with Gasteiger partial charge in [0.2, 0.25) is 6.41 Å². The average molecular weight is 178 g/mol. The Balaban J connectivity index is 0.000000251. The second-order valence-electron chi connectivity index (χ2n) is 2.41. The molecule has 2 N–H and O–H groups in total. The molecule has 0 aliphatic rings. The highest BCUT2D eigenvalue weighted by molar-refractivity contribution is 5.76. The van der Waals surface area contributed by atoms with Gasteiger partial charge in [0.15, 0.2) is 5.58 Å². The summed E-state index contributed by atoms with van der Waals surface area (Å²) < 4.78 is 5.31. The van der Waals surface area contributed by atoms with Crippen LogP contribution in [-0.2, 0) is 4.79 Å². The Morgan fingerprint density at radius 2 is 2.31 bits per heavy atom. The first-order chi connectivity index (χ1) is 6.27. The SMILES string of the molecule is Cc1cc2ccncc2o1.NC=O. The highest BCUT2D eigenvalue weighted by Gasteiger charge is 1.96. The van der Waals surface area contributed by atoms with Gasteiger partial charge in [0, 0.05) is 11.6 Å². The minimum atomic E-state index is 0.250. The second kappa shape index (κ2) is 4.25. The number of aromatic nitrogens is 1. The van der Waals surface area contributed by atoms with Gasteiger partial charge in [0.25, 0.3) is 0 Å². The summed E-state index contributed by atoms with van der Waals surface area (Å²) in [6.45, 7) is 1.93. The topological polar surface area (TPSA) is 69.1 Å². The number of hydrogen-bond donors (Lipinski definition) is 1. The molecule has 0 fully saturated rings. The van der Waals surface area contributed by atoms with Gasteiger partial charge in [0.1, 0.15) is 5.76 Å². The lowest BCUT2D eigenvalue weighted by molar-refractivity contribution is -0.106. The van der Waals surface area contributed by atoms with Gasteiger partial charge < -0.3 is 10.2 Å². The number of primary amides is 1. The monoisotopic (exact) mass is 178 g/mol. The molecule has 1 amide bonds. The highest BCUT2D eigenvalue weighted by atomic mass is 16.3. The Morgan fingerprint density at radius 1 is 1.62 bits per heavy atom. The Bertz CT molecular complexity index is 362. The molecule has 0 unspecified atom stereocenters. The predicted molar refractivity (Wildman–Crippen MR) is 49.0 cm³/mol. The van der Waals surface area contributed by atoms with Gasteiger partial charge in [-0.3, -0.25) is 9.78 Å². The van der Waals surface area contributed by atoms with Crippen molar-refractivity contribution in [2.75, 3.05) is 0 Å². The van der Waals surface area contributed by atoms with E-state index in [0.717, 1.165) is 16.7 Å². The van der Waals surface area contributed by atoms with Crippen molar-refractivity contribution in [1.82, 2.24) is 4.98 Å². The summed E-state index contributed by atoms with van der Waals surface area (Å²) in [5, 5.41) is 1.12. The third-order valence-corrected chi connectivity index (χ3v) is 1.45. The lowest BCUT2D eigenvalue weighted by Gasteiger charge is -1.81. The van der Waals surface area contributed by atoms with E-state index in [2.05, 4.69) is 10.7 Å². The zero-order valence-electron chi connectivity index (χ0n) is 7.23. The van der Waals surface area contributed by atoms with E-state index in [-0.39, 0.29) is 6.41 Å². The van der Waals surface area contributed by atoms with E-state index in [4.69, 9.17) is 9.21 Å². The van der Waals surface area contributed by atoms with Gasteiger partial charge in [-0.25, -0.2) is 0 Å². The van der Waals surface area contributed by atoms with Crippen LogP contribution >= 0.6 is 0 Å². The van der Waals surface area contributed by atoms with Crippen molar-refractivity contribution in [3.05, 3.63) is 30.3 Å². The standard InChI is InChI=1S/C8H7NO.CH3NO/c1-6-4-7-2-3-9-5-8(7)10-6;2-1-3/h2-5H,1H3;1H,(H2,2,3). The quantitative estimate of drug-likeness (QED) is 0.617. The summed E-state index contributed by atoms with van der Waals surface area (Å²) >= 11 is 0. The minimum Gasteiger partial charge on any atom is -0.460 e. The van der Waals surface area contributed by atoms with Gasteiger partial charge >= 0.3 is 0 Å². The van der Waals surface area contributed by atoms with Crippen LogP contribution in [-0.4, -0.2) is 11.4 Å². The van der Waals surface area contributed by atoms with Crippen molar-refractivity contribution in [3.8, 4) is 0 Å². The van der Waals surface area contributed by atoms with E-state index in [1.54, 1.807) is 12.4 Å². The maximum Gasteiger partial charge on any atom is 0.204 e. The molecule has 0 saturated heterocycles. The molecular weight excluding hydrogens is 168 g/mol. The molecule has 0 spiro atoms. The van der Waals surface area contributed by atoms with E-state index in [1.807, 2.05) is 19.1 Å².